The zero-order valence-electron chi connectivity index (χ0n) is 23.5. The summed E-state index contributed by atoms with van der Waals surface area (Å²) in [5.74, 6) is 0.712. The number of carbonyl (C=O) groups excluding carboxylic acids is 1. The number of aromatic nitrogens is 3. The van der Waals surface area contributed by atoms with Gasteiger partial charge in [-0.25, -0.2) is 14.2 Å². The Balaban J connectivity index is 0.00000353. The van der Waals surface area contributed by atoms with E-state index in [-0.39, 0.29) is 37.5 Å². The first-order chi connectivity index (χ1) is 18.3. The molecule has 39 heavy (non-hydrogen) atoms. The smallest absolute Gasteiger partial charge is 0.399 e. The minimum absolute atomic E-state index is 0. The number of likely N-dealkylation sites (tertiary alicyclic amines) is 1. The summed E-state index contributed by atoms with van der Waals surface area (Å²) in [7, 11) is 1.72. The Hall–Kier alpha value is -3.27. The number of ether oxygens (including phenoxy) is 1. The summed E-state index contributed by atoms with van der Waals surface area (Å²) < 4.78 is 27.2. The third kappa shape index (κ3) is 5.85. The van der Waals surface area contributed by atoms with Crippen molar-refractivity contribution in [2.24, 2.45) is 0 Å². The summed E-state index contributed by atoms with van der Waals surface area (Å²) in [6.07, 6.45) is 4.80. The minimum atomic E-state index is -0.346. The Labute approximate surface area is 229 Å². The largest absolute Gasteiger partial charge is 0.413 e. The Morgan fingerprint density at radius 1 is 1.28 bits per heavy atom. The highest BCUT2D eigenvalue weighted by Gasteiger charge is 2.38. The molecule has 0 saturated carbocycles. The Morgan fingerprint density at radius 3 is 2.79 bits per heavy atom. The maximum atomic E-state index is 13.6. The molecule has 4 heterocycles. The van der Waals surface area contributed by atoms with Gasteiger partial charge in [0.25, 0.3) is 5.56 Å². The van der Waals surface area contributed by atoms with E-state index in [0.29, 0.717) is 29.6 Å². The van der Waals surface area contributed by atoms with Crippen LogP contribution in [0.1, 0.15) is 61.3 Å². The highest BCUT2D eigenvalue weighted by Crippen LogP contribution is 2.35. The van der Waals surface area contributed by atoms with Crippen molar-refractivity contribution in [3.05, 3.63) is 64.6 Å². The SMILES string of the molecule is CCN(C)C(=O)OC[N+]1(CCc2c(C)nc3n(c2=O)CCCC3)CCC(c2noc3cc(F)ccc23)CC1.[CH3-]. The lowest BCUT2D eigenvalue weighted by atomic mass is 9.90. The van der Waals surface area contributed by atoms with Gasteiger partial charge in [-0.2, -0.15) is 0 Å². The molecule has 1 amide bonds. The molecule has 0 atom stereocenters. The second-order valence-electron chi connectivity index (χ2n) is 10.8. The first-order valence-electron chi connectivity index (χ1n) is 13.7. The molecule has 2 aliphatic rings. The average molecular weight is 542 g/mol. The predicted octanol–water partition coefficient (Wildman–Crippen LogP) is 4.60. The molecule has 1 fully saturated rings. The fourth-order valence-electron chi connectivity index (χ4n) is 5.83. The molecule has 0 N–H and O–H groups in total. The highest BCUT2D eigenvalue weighted by atomic mass is 19.1. The van der Waals surface area contributed by atoms with Crippen LogP contribution in [0.15, 0.2) is 27.5 Å². The molecule has 10 heteroatoms. The molecule has 5 rings (SSSR count). The van der Waals surface area contributed by atoms with E-state index in [1.165, 1.54) is 12.1 Å². The molecule has 1 saturated heterocycles. The van der Waals surface area contributed by atoms with Gasteiger partial charge in [-0.15, -0.1) is 0 Å². The van der Waals surface area contributed by atoms with E-state index < -0.39 is 0 Å². The van der Waals surface area contributed by atoms with Crippen LogP contribution < -0.4 is 5.56 Å². The van der Waals surface area contributed by atoms with Crippen molar-refractivity contribution in [2.45, 2.75) is 64.8 Å². The number of carbonyl (C=O) groups is 1. The van der Waals surface area contributed by atoms with E-state index in [1.807, 2.05) is 18.4 Å². The third-order valence-corrected chi connectivity index (χ3v) is 8.42. The monoisotopic (exact) mass is 541 g/mol. The van der Waals surface area contributed by atoms with Gasteiger partial charge in [-0.3, -0.25) is 13.8 Å². The molecule has 0 radical (unpaired) electrons. The number of fused-ring (bicyclic) bond motifs is 2. The maximum Gasteiger partial charge on any atom is 0.413 e. The summed E-state index contributed by atoms with van der Waals surface area (Å²) in [5.41, 5.74) is 2.95. The van der Waals surface area contributed by atoms with Crippen LogP contribution in [0, 0.1) is 20.2 Å². The standard InChI is InChI=1S/C28H37FN5O4.CH3/c1-4-32(3)28(36)37-18-34(16-12-22-19(2)30-25-7-5-6-13-33(25)27(22)35)14-10-20(11-15-34)26-23-9-8-21(29)17-24(23)38-31-26;/h8-9,17,20H,4-7,10-16,18H2,1-3H3;1H3/q+1;-1. The van der Waals surface area contributed by atoms with Crippen molar-refractivity contribution in [2.75, 3.05) is 40.0 Å². The van der Waals surface area contributed by atoms with E-state index in [0.717, 1.165) is 79.9 Å². The number of benzene rings is 1. The van der Waals surface area contributed by atoms with Crippen LogP contribution in [-0.4, -0.2) is 70.1 Å². The third-order valence-electron chi connectivity index (χ3n) is 8.42. The number of amides is 1. The Bertz CT molecular complexity index is 1380. The van der Waals surface area contributed by atoms with Crippen molar-refractivity contribution in [1.29, 1.82) is 0 Å². The predicted molar refractivity (Wildman–Crippen MR) is 147 cm³/mol. The van der Waals surface area contributed by atoms with Crippen LogP contribution in [0.2, 0.25) is 0 Å². The summed E-state index contributed by atoms with van der Waals surface area (Å²) in [5, 5.41) is 5.12. The Kier molecular flexibility index (Phi) is 8.73. The normalized spacial score (nSPS) is 20.8. The van der Waals surface area contributed by atoms with Crippen LogP contribution in [-0.2, 0) is 24.1 Å². The van der Waals surface area contributed by atoms with Gasteiger partial charge in [0.2, 0.25) is 6.73 Å². The number of halogens is 1. The van der Waals surface area contributed by atoms with Crippen molar-refractivity contribution in [3.63, 3.8) is 0 Å². The second kappa shape index (κ2) is 11.9. The number of piperidine rings is 1. The molecule has 1 aromatic carbocycles. The van der Waals surface area contributed by atoms with Gasteiger partial charge >= 0.3 is 6.09 Å². The van der Waals surface area contributed by atoms with E-state index in [1.54, 1.807) is 18.0 Å². The number of rotatable bonds is 7. The number of hydrogen-bond acceptors (Lipinski definition) is 6. The van der Waals surface area contributed by atoms with Crippen molar-refractivity contribution < 1.29 is 22.9 Å². The molecule has 3 aromatic rings. The topological polar surface area (TPSA) is 90.5 Å². The van der Waals surface area contributed by atoms with Gasteiger partial charge in [0.15, 0.2) is 5.58 Å². The van der Waals surface area contributed by atoms with Crippen LogP contribution in [0.25, 0.3) is 11.0 Å². The molecule has 212 valence electrons. The lowest BCUT2D eigenvalue weighted by Gasteiger charge is -2.42. The molecule has 0 aliphatic carbocycles. The summed E-state index contributed by atoms with van der Waals surface area (Å²) in [4.78, 5) is 32.2. The van der Waals surface area contributed by atoms with Gasteiger partial charge in [-0.1, -0.05) is 5.16 Å². The molecular weight excluding hydrogens is 501 g/mol. The minimum Gasteiger partial charge on any atom is -0.399 e. The van der Waals surface area contributed by atoms with Crippen molar-refractivity contribution >= 4 is 17.1 Å². The van der Waals surface area contributed by atoms with E-state index in [2.05, 4.69) is 5.16 Å². The van der Waals surface area contributed by atoms with Gasteiger partial charge in [-0.05, 0) is 38.8 Å². The summed E-state index contributed by atoms with van der Waals surface area (Å²) >= 11 is 0. The zero-order valence-corrected chi connectivity index (χ0v) is 23.5. The molecular formula is C29H40FN5O4. The van der Waals surface area contributed by atoms with Crippen LogP contribution in [0.3, 0.4) is 0 Å². The van der Waals surface area contributed by atoms with Crippen LogP contribution >= 0.6 is 0 Å². The van der Waals surface area contributed by atoms with Crippen molar-refractivity contribution in [3.8, 4) is 0 Å². The second-order valence-corrected chi connectivity index (χ2v) is 10.8. The highest BCUT2D eigenvalue weighted by molar-refractivity contribution is 5.79. The first kappa shape index (κ1) is 28.7. The van der Waals surface area contributed by atoms with E-state index >= 15 is 0 Å². The quantitative estimate of drug-likeness (QED) is 0.321. The number of nitrogens with zero attached hydrogens (tertiary/aromatic N) is 5. The van der Waals surface area contributed by atoms with Gasteiger partial charge in [0, 0.05) is 74.4 Å². The van der Waals surface area contributed by atoms with Gasteiger partial charge < -0.3 is 21.6 Å². The van der Waals surface area contributed by atoms with Gasteiger partial charge in [0.05, 0.1) is 25.3 Å². The molecule has 0 unspecified atom stereocenters. The molecule has 2 aliphatic heterocycles. The van der Waals surface area contributed by atoms with E-state index in [4.69, 9.17) is 14.2 Å². The molecule has 9 nitrogen and oxygen atoms in total. The van der Waals surface area contributed by atoms with E-state index in [9.17, 15) is 14.0 Å². The number of aryl methyl sites for hydroxylation is 2. The fraction of sp³-hybridized carbons (Fsp3) is 0.552. The zero-order chi connectivity index (χ0) is 26.9. The van der Waals surface area contributed by atoms with Crippen LogP contribution in [0.5, 0.6) is 0 Å². The van der Waals surface area contributed by atoms with Crippen molar-refractivity contribution in [1.82, 2.24) is 19.6 Å². The van der Waals surface area contributed by atoms with Crippen LogP contribution in [0.4, 0.5) is 9.18 Å². The lowest BCUT2D eigenvalue weighted by molar-refractivity contribution is -0.948. The fourth-order valence-corrected chi connectivity index (χ4v) is 5.83. The summed E-state index contributed by atoms with van der Waals surface area (Å²) in [6.45, 7) is 7.59. The molecule has 2 aromatic heterocycles. The first-order valence-corrected chi connectivity index (χ1v) is 13.7. The lowest BCUT2D eigenvalue weighted by Crippen LogP contribution is -2.56. The summed E-state index contributed by atoms with van der Waals surface area (Å²) in [6, 6.07) is 4.53. The van der Waals surface area contributed by atoms with Gasteiger partial charge in [0.1, 0.15) is 11.6 Å². The number of quaternary nitrogens is 1. The molecule has 0 spiro atoms. The number of hydrogen-bond donors (Lipinski definition) is 0. The molecule has 0 bridgehead atoms. The maximum absolute atomic E-state index is 13.6. The average Bonchev–Trinajstić information content (AvgIpc) is 3.34. The Morgan fingerprint density at radius 2 is 2.05 bits per heavy atom.